The Balaban J connectivity index is 0.00000225. The Kier molecular flexibility index (Phi) is 6.47. The average molecular weight is 443 g/mol. The molecule has 1 fully saturated rings. The molecule has 0 unspecified atom stereocenters. The standard InChI is InChI=1S/C17H16N4O4S2.K/c1-17(2,25)11-9-7-10(12(15(23)24)21(9)14(11)22)26-16-20-19-13(27-16)8-3-5-18-6-4-8;/h3-6,9,11,25H,7H2,1-2H3,(H,23,24);/q;+1/p-1/t9-,11+;/m1./s1. The van der Waals surface area contributed by atoms with Crippen molar-refractivity contribution in [3.63, 3.8) is 0 Å². The first-order valence-corrected chi connectivity index (χ1v) is 9.82. The summed E-state index contributed by atoms with van der Waals surface area (Å²) in [5.41, 5.74) is -0.473. The van der Waals surface area contributed by atoms with Gasteiger partial charge in [0.2, 0.25) is 5.91 Å². The van der Waals surface area contributed by atoms with Crippen LogP contribution in [0.4, 0.5) is 0 Å². The van der Waals surface area contributed by atoms with E-state index in [2.05, 4.69) is 15.2 Å². The Hall–Kier alpha value is -0.664. The number of amides is 1. The number of hydrogen-bond donors (Lipinski definition) is 1. The zero-order chi connectivity index (χ0) is 19.3. The number of hydrogen-bond acceptors (Lipinski definition) is 9. The number of carbonyl (C=O) groups is 2. The molecule has 0 aliphatic carbocycles. The van der Waals surface area contributed by atoms with Crippen LogP contribution in [0.5, 0.6) is 0 Å². The van der Waals surface area contributed by atoms with Gasteiger partial charge in [0, 0.05) is 29.3 Å². The van der Waals surface area contributed by atoms with Crippen molar-refractivity contribution in [2.75, 3.05) is 0 Å². The molecule has 2 aliphatic rings. The van der Waals surface area contributed by atoms with Gasteiger partial charge in [0.1, 0.15) is 5.01 Å². The molecule has 4 heterocycles. The number of fused-ring (bicyclic) bond motifs is 1. The van der Waals surface area contributed by atoms with Crippen molar-refractivity contribution < 1.29 is 71.2 Å². The number of nitrogens with zero attached hydrogens (tertiary/aromatic N) is 4. The summed E-state index contributed by atoms with van der Waals surface area (Å²) in [5.74, 6) is -2.43. The number of β-lactam (4-membered cyclic amide) rings is 1. The fourth-order valence-electron chi connectivity index (χ4n) is 3.49. The molecule has 2 aromatic heterocycles. The van der Waals surface area contributed by atoms with Crippen molar-refractivity contribution in [3.05, 3.63) is 35.1 Å². The number of pyridine rings is 1. The van der Waals surface area contributed by atoms with E-state index in [1.165, 1.54) is 28.0 Å². The third kappa shape index (κ3) is 3.86. The van der Waals surface area contributed by atoms with E-state index < -0.39 is 23.4 Å². The fraction of sp³-hybridized carbons (Fsp3) is 0.353. The summed E-state index contributed by atoms with van der Waals surface area (Å²) in [5, 5.41) is 30.8. The van der Waals surface area contributed by atoms with Crippen LogP contribution in [0.25, 0.3) is 10.6 Å². The minimum absolute atomic E-state index is 0. The third-order valence-electron chi connectivity index (χ3n) is 4.62. The Morgan fingerprint density at radius 2 is 2.04 bits per heavy atom. The monoisotopic (exact) mass is 442 g/mol. The molecule has 2 aliphatic heterocycles. The number of carbonyl (C=O) groups excluding carboxylic acids is 2. The molecule has 8 nitrogen and oxygen atoms in total. The first-order chi connectivity index (χ1) is 12.8. The van der Waals surface area contributed by atoms with Crippen molar-refractivity contribution in [2.24, 2.45) is 5.92 Å². The molecule has 2 aromatic rings. The largest absolute Gasteiger partial charge is 1.00 e. The van der Waals surface area contributed by atoms with Gasteiger partial charge in [-0.25, -0.2) is 0 Å². The van der Waals surface area contributed by atoms with Gasteiger partial charge in [0.05, 0.1) is 29.2 Å². The van der Waals surface area contributed by atoms with Crippen LogP contribution in [0.3, 0.4) is 0 Å². The number of carboxylic acids is 1. The molecule has 1 N–H and O–H groups in total. The van der Waals surface area contributed by atoms with E-state index in [1.807, 2.05) is 12.1 Å². The van der Waals surface area contributed by atoms with Gasteiger partial charge in [0.25, 0.3) is 0 Å². The normalized spacial score (nSPS) is 21.2. The molecule has 2 atom stereocenters. The maximum Gasteiger partial charge on any atom is 1.00 e. The van der Waals surface area contributed by atoms with E-state index in [1.54, 1.807) is 26.2 Å². The van der Waals surface area contributed by atoms with E-state index in [0.29, 0.717) is 20.7 Å². The van der Waals surface area contributed by atoms with Gasteiger partial charge >= 0.3 is 51.4 Å². The van der Waals surface area contributed by atoms with Crippen LogP contribution in [0.2, 0.25) is 0 Å². The van der Waals surface area contributed by atoms with Gasteiger partial charge < -0.3 is 19.9 Å². The van der Waals surface area contributed by atoms with E-state index in [4.69, 9.17) is 0 Å². The second kappa shape index (κ2) is 8.23. The predicted octanol–water partition coefficient (Wildman–Crippen LogP) is -2.34. The summed E-state index contributed by atoms with van der Waals surface area (Å²) in [6.07, 6.45) is 3.66. The summed E-state index contributed by atoms with van der Waals surface area (Å²) >= 11 is 2.51. The van der Waals surface area contributed by atoms with E-state index in [-0.39, 0.29) is 63.1 Å². The number of aliphatic hydroxyl groups is 1. The maximum absolute atomic E-state index is 12.4. The Labute approximate surface area is 211 Å². The quantitative estimate of drug-likeness (QED) is 0.404. The number of aromatic nitrogens is 3. The average Bonchev–Trinajstić information content (AvgIpc) is 3.17. The van der Waals surface area contributed by atoms with Gasteiger partial charge in [-0.05, 0) is 26.0 Å². The predicted molar refractivity (Wildman–Crippen MR) is 96.1 cm³/mol. The van der Waals surface area contributed by atoms with Crippen LogP contribution < -0.4 is 56.5 Å². The van der Waals surface area contributed by atoms with Gasteiger partial charge in [-0.3, -0.25) is 9.78 Å². The molecule has 4 rings (SSSR count). The van der Waals surface area contributed by atoms with Gasteiger partial charge in [-0.2, -0.15) is 0 Å². The second-order valence-corrected chi connectivity index (χ2v) is 9.20. The molecule has 140 valence electrons. The van der Waals surface area contributed by atoms with Crippen molar-refractivity contribution in [2.45, 2.75) is 36.3 Å². The Bertz CT molecular complexity index is 958. The molecule has 0 spiro atoms. The molecule has 0 saturated carbocycles. The molecule has 0 bridgehead atoms. The van der Waals surface area contributed by atoms with Gasteiger partial charge in [-0.15, -0.1) is 10.2 Å². The van der Waals surface area contributed by atoms with Crippen molar-refractivity contribution >= 4 is 35.0 Å². The molecule has 1 saturated heterocycles. The zero-order valence-corrected chi connectivity index (χ0v) is 20.2. The minimum Gasteiger partial charge on any atom is -0.543 e. The van der Waals surface area contributed by atoms with Crippen molar-refractivity contribution in [3.8, 4) is 10.6 Å². The third-order valence-corrected chi connectivity index (χ3v) is 6.75. The summed E-state index contributed by atoms with van der Waals surface area (Å²) in [4.78, 5) is 29.7. The molecule has 0 radical (unpaired) electrons. The van der Waals surface area contributed by atoms with E-state index >= 15 is 0 Å². The minimum atomic E-state index is -1.40. The molecular weight excluding hydrogens is 427 g/mol. The first-order valence-electron chi connectivity index (χ1n) is 8.19. The zero-order valence-electron chi connectivity index (χ0n) is 15.4. The van der Waals surface area contributed by atoms with Crippen LogP contribution in [0.15, 0.2) is 39.5 Å². The number of thioether (sulfide) groups is 1. The first kappa shape index (κ1) is 22.0. The van der Waals surface area contributed by atoms with Gasteiger partial charge in [-0.1, -0.05) is 23.1 Å². The molecular formula is C17H15KN4O4S2. The van der Waals surface area contributed by atoms with Crippen LogP contribution >= 0.6 is 23.1 Å². The van der Waals surface area contributed by atoms with E-state index in [9.17, 15) is 19.8 Å². The summed E-state index contributed by atoms with van der Waals surface area (Å²) in [6.45, 7) is 3.12. The number of carboxylic acid groups (broad SMARTS) is 1. The Morgan fingerprint density at radius 3 is 2.64 bits per heavy atom. The summed E-state index contributed by atoms with van der Waals surface area (Å²) < 4.78 is 0.574. The topological polar surface area (TPSA) is 119 Å². The smallest absolute Gasteiger partial charge is 0.543 e. The van der Waals surface area contributed by atoms with Crippen molar-refractivity contribution in [1.82, 2.24) is 20.1 Å². The van der Waals surface area contributed by atoms with Gasteiger partial charge in [0.15, 0.2) is 4.34 Å². The Morgan fingerprint density at radius 1 is 1.36 bits per heavy atom. The van der Waals surface area contributed by atoms with Crippen LogP contribution in [0.1, 0.15) is 20.3 Å². The molecule has 1 amide bonds. The van der Waals surface area contributed by atoms with Crippen molar-refractivity contribution in [1.29, 1.82) is 0 Å². The van der Waals surface area contributed by atoms with Crippen LogP contribution in [0, 0.1) is 5.92 Å². The molecule has 28 heavy (non-hydrogen) atoms. The second-order valence-electron chi connectivity index (χ2n) is 6.88. The SMILES string of the molecule is CC(C)(O)[C@@H]1C(=O)N2C(C(=O)[O-])=C(Sc3nnc(-c4ccncc4)s3)C[C@H]12.[K+]. The number of rotatable bonds is 5. The van der Waals surface area contributed by atoms with E-state index in [0.717, 1.165) is 5.56 Å². The molecule has 11 heteroatoms. The number of aliphatic carboxylic acids is 1. The summed E-state index contributed by atoms with van der Waals surface area (Å²) in [7, 11) is 0. The molecule has 0 aromatic carbocycles. The van der Waals surface area contributed by atoms with Crippen LogP contribution in [-0.4, -0.2) is 48.7 Å². The van der Waals surface area contributed by atoms with Crippen LogP contribution in [-0.2, 0) is 9.59 Å². The summed E-state index contributed by atoms with van der Waals surface area (Å²) in [6, 6.07) is 3.25. The fourth-order valence-corrected chi connectivity index (χ4v) is 5.61. The maximum atomic E-state index is 12.4.